The topological polar surface area (TPSA) is 50.2 Å². The van der Waals surface area contributed by atoms with Crippen molar-refractivity contribution in [1.29, 1.82) is 0 Å². The molecule has 4 heteroatoms. The Morgan fingerprint density at radius 3 is 3.00 bits per heavy atom. The zero-order valence-electron chi connectivity index (χ0n) is 11.0. The van der Waals surface area contributed by atoms with Gasteiger partial charge in [0.15, 0.2) is 0 Å². The fraction of sp³-hybridized carbons (Fsp3) is 0.467. The lowest BCUT2D eigenvalue weighted by Gasteiger charge is -2.09. The Morgan fingerprint density at radius 2 is 2.21 bits per heavy atom. The summed E-state index contributed by atoms with van der Waals surface area (Å²) >= 11 is 0. The van der Waals surface area contributed by atoms with Crippen LogP contribution >= 0.6 is 0 Å². The number of furan rings is 1. The third kappa shape index (κ3) is 3.49. The smallest absolute Gasteiger partial charge is 0.109 e. The third-order valence-corrected chi connectivity index (χ3v) is 3.46. The van der Waals surface area contributed by atoms with Crippen LogP contribution in [0.3, 0.4) is 0 Å². The van der Waals surface area contributed by atoms with Gasteiger partial charge in [0, 0.05) is 37.5 Å². The highest BCUT2D eigenvalue weighted by molar-refractivity contribution is 5.18. The molecule has 1 aliphatic heterocycles. The Bertz CT molecular complexity index is 484. The first kappa shape index (κ1) is 12.5. The van der Waals surface area contributed by atoms with E-state index in [1.54, 1.807) is 6.26 Å². The van der Waals surface area contributed by atoms with Crippen LogP contribution < -0.4 is 5.32 Å². The minimum absolute atomic E-state index is 0.401. The molecular formula is C15H20N2O2. The minimum Gasteiger partial charge on any atom is -0.469 e. The molecular weight excluding hydrogens is 240 g/mol. The van der Waals surface area contributed by atoms with E-state index in [2.05, 4.69) is 22.4 Å². The SMILES string of the molecule is c1coc(Cc2ccc(CNC[C@@H]3CCCO3)[nH]2)c1. The maximum Gasteiger partial charge on any atom is 0.109 e. The molecule has 1 fully saturated rings. The number of aromatic amines is 1. The molecule has 0 radical (unpaired) electrons. The van der Waals surface area contributed by atoms with Gasteiger partial charge in [-0.3, -0.25) is 0 Å². The molecule has 0 unspecified atom stereocenters. The van der Waals surface area contributed by atoms with E-state index in [4.69, 9.17) is 9.15 Å². The first-order valence-corrected chi connectivity index (χ1v) is 6.91. The van der Waals surface area contributed by atoms with Gasteiger partial charge < -0.3 is 19.5 Å². The standard InChI is InChI=1S/C15H20N2O2/c1-3-14(18-7-1)9-12-5-6-13(17-12)10-16-11-15-4-2-8-19-15/h1,3,5-7,15-17H,2,4,8-11H2/t15-/m0/s1. The van der Waals surface area contributed by atoms with Crippen LogP contribution in [0.15, 0.2) is 34.9 Å². The number of H-pyrrole nitrogens is 1. The van der Waals surface area contributed by atoms with Crippen molar-refractivity contribution < 1.29 is 9.15 Å². The summed E-state index contributed by atoms with van der Waals surface area (Å²) in [5, 5.41) is 3.44. The molecule has 3 heterocycles. The van der Waals surface area contributed by atoms with Gasteiger partial charge in [-0.15, -0.1) is 0 Å². The van der Waals surface area contributed by atoms with Gasteiger partial charge in [-0.1, -0.05) is 0 Å². The van der Waals surface area contributed by atoms with Gasteiger partial charge in [-0.25, -0.2) is 0 Å². The highest BCUT2D eigenvalue weighted by Gasteiger charge is 2.14. The average molecular weight is 260 g/mol. The lowest BCUT2D eigenvalue weighted by molar-refractivity contribution is 0.110. The Hall–Kier alpha value is -1.52. The van der Waals surface area contributed by atoms with Crippen LogP contribution in [0, 0.1) is 0 Å². The van der Waals surface area contributed by atoms with Gasteiger partial charge >= 0.3 is 0 Å². The maximum atomic E-state index is 5.58. The Morgan fingerprint density at radius 1 is 1.26 bits per heavy atom. The van der Waals surface area contributed by atoms with Crippen molar-refractivity contribution in [2.24, 2.45) is 0 Å². The van der Waals surface area contributed by atoms with Crippen molar-refractivity contribution in [2.75, 3.05) is 13.2 Å². The van der Waals surface area contributed by atoms with Crippen molar-refractivity contribution >= 4 is 0 Å². The summed E-state index contributed by atoms with van der Waals surface area (Å²) in [5.74, 6) is 0.987. The maximum absolute atomic E-state index is 5.58. The Balaban J connectivity index is 1.45. The van der Waals surface area contributed by atoms with Crippen molar-refractivity contribution in [3.63, 3.8) is 0 Å². The van der Waals surface area contributed by atoms with E-state index in [0.29, 0.717) is 6.10 Å². The molecule has 0 aliphatic carbocycles. The number of hydrogen-bond donors (Lipinski definition) is 2. The number of hydrogen-bond acceptors (Lipinski definition) is 3. The molecule has 0 spiro atoms. The van der Waals surface area contributed by atoms with E-state index in [0.717, 1.165) is 31.9 Å². The van der Waals surface area contributed by atoms with Gasteiger partial charge in [0.2, 0.25) is 0 Å². The molecule has 102 valence electrons. The van der Waals surface area contributed by atoms with Crippen molar-refractivity contribution in [3.8, 4) is 0 Å². The summed E-state index contributed by atoms with van der Waals surface area (Å²) in [4.78, 5) is 3.41. The normalized spacial score (nSPS) is 19.1. The highest BCUT2D eigenvalue weighted by Crippen LogP contribution is 2.12. The second-order valence-corrected chi connectivity index (χ2v) is 5.03. The fourth-order valence-electron chi connectivity index (χ4n) is 2.47. The van der Waals surface area contributed by atoms with Crippen molar-refractivity contribution in [3.05, 3.63) is 47.7 Å². The van der Waals surface area contributed by atoms with E-state index >= 15 is 0 Å². The quantitative estimate of drug-likeness (QED) is 0.839. The van der Waals surface area contributed by atoms with Crippen molar-refractivity contribution in [2.45, 2.75) is 31.9 Å². The average Bonchev–Trinajstić information content (AvgIpc) is 3.12. The van der Waals surface area contributed by atoms with E-state index in [9.17, 15) is 0 Å². The number of rotatable bonds is 6. The molecule has 19 heavy (non-hydrogen) atoms. The van der Waals surface area contributed by atoms with Gasteiger partial charge in [-0.2, -0.15) is 0 Å². The summed E-state index contributed by atoms with van der Waals surface area (Å²) in [5.41, 5.74) is 2.39. The number of nitrogens with one attached hydrogen (secondary N) is 2. The Kier molecular flexibility index (Phi) is 4.01. The van der Waals surface area contributed by atoms with Crippen LogP contribution in [0.25, 0.3) is 0 Å². The predicted molar refractivity (Wildman–Crippen MR) is 73.0 cm³/mol. The zero-order chi connectivity index (χ0) is 12.9. The van der Waals surface area contributed by atoms with Gasteiger partial charge in [-0.05, 0) is 37.1 Å². The molecule has 1 atom stereocenters. The predicted octanol–water partition coefficient (Wildman–Crippen LogP) is 2.47. The molecule has 2 aromatic rings. The molecule has 4 nitrogen and oxygen atoms in total. The molecule has 0 saturated carbocycles. The molecule has 1 saturated heterocycles. The number of aromatic nitrogens is 1. The van der Waals surface area contributed by atoms with Crippen LogP contribution in [0.5, 0.6) is 0 Å². The lowest BCUT2D eigenvalue weighted by atomic mass is 10.2. The number of ether oxygens (including phenoxy) is 1. The first-order valence-electron chi connectivity index (χ1n) is 6.91. The summed E-state index contributed by atoms with van der Waals surface area (Å²) in [6.07, 6.45) is 5.31. The summed E-state index contributed by atoms with van der Waals surface area (Å²) in [7, 11) is 0. The largest absolute Gasteiger partial charge is 0.469 e. The van der Waals surface area contributed by atoms with Crippen LogP contribution in [-0.2, 0) is 17.7 Å². The van der Waals surface area contributed by atoms with E-state index < -0.39 is 0 Å². The van der Waals surface area contributed by atoms with Gasteiger partial charge in [0.05, 0.1) is 12.4 Å². The summed E-state index contributed by atoms with van der Waals surface area (Å²) < 4.78 is 10.9. The summed E-state index contributed by atoms with van der Waals surface area (Å²) in [6.45, 7) is 2.71. The Labute approximate surface area is 113 Å². The van der Waals surface area contributed by atoms with Crippen LogP contribution in [0.4, 0.5) is 0 Å². The molecule has 2 aromatic heterocycles. The second kappa shape index (κ2) is 6.08. The fourth-order valence-corrected chi connectivity index (χ4v) is 2.47. The molecule has 2 N–H and O–H groups in total. The van der Waals surface area contributed by atoms with Crippen molar-refractivity contribution in [1.82, 2.24) is 10.3 Å². The third-order valence-electron chi connectivity index (χ3n) is 3.46. The lowest BCUT2D eigenvalue weighted by Crippen LogP contribution is -2.25. The summed E-state index contributed by atoms with van der Waals surface area (Å²) in [6, 6.07) is 8.16. The van der Waals surface area contributed by atoms with Crippen LogP contribution in [0.1, 0.15) is 30.0 Å². The monoisotopic (exact) mass is 260 g/mol. The minimum atomic E-state index is 0.401. The molecule has 3 rings (SSSR count). The van der Waals surface area contributed by atoms with E-state index in [1.807, 2.05) is 12.1 Å². The molecule has 0 amide bonds. The van der Waals surface area contributed by atoms with Gasteiger partial charge in [0.25, 0.3) is 0 Å². The highest BCUT2D eigenvalue weighted by atomic mass is 16.5. The second-order valence-electron chi connectivity index (χ2n) is 5.03. The van der Waals surface area contributed by atoms with Crippen LogP contribution in [-0.4, -0.2) is 24.2 Å². The van der Waals surface area contributed by atoms with E-state index in [-0.39, 0.29) is 0 Å². The molecule has 0 bridgehead atoms. The van der Waals surface area contributed by atoms with Gasteiger partial charge in [0.1, 0.15) is 5.76 Å². The molecule has 1 aliphatic rings. The zero-order valence-corrected chi connectivity index (χ0v) is 11.0. The molecule has 0 aromatic carbocycles. The van der Waals surface area contributed by atoms with E-state index in [1.165, 1.54) is 24.2 Å². The van der Waals surface area contributed by atoms with Crippen LogP contribution in [0.2, 0.25) is 0 Å². The first-order chi connectivity index (χ1) is 9.40.